The van der Waals surface area contributed by atoms with Gasteiger partial charge in [0.25, 0.3) is 0 Å². The maximum absolute atomic E-state index is 12.3. The Hall–Kier alpha value is -1.40. The van der Waals surface area contributed by atoms with E-state index in [9.17, 15) is 13.2 Å². The van der Waals surface area contributed by atoms with E-state index in [-0.39, 0.29) is 16.7 Å². The summed E-state index contributed by atoms with van der Waals surface area (Å²) in [5.74, 6) is 0.469. The molecular weight excluding hydrogens is 336 g/mol. The van der Waals surface area contributed by atoms with Gasteiger partial charge in [-0.25, -0.2) is 13.1 Å². The third kappa shape index (κ3) is 6.44. The van der Waals surface area contributed by atoms with Crippen LogP contribution in [0.1, 0.15) is 51.5 Å². The summed E-state index contributed by atoms with van der Waals surface area (Å²) in [6.07, 6.45) is 5.76. The maximum Gasteiger partial charge on any atom is 0.240 e. The molecule has 5 nitrogen and oxygen atoms in total. The topological polar surface area (TPSA) is 66.5 Å². The van der Waals surface area contributed by atoms with E-state index in [1.54, 1.807) is 24.3 Å². The summed E-state index contributed by atoms with van der Waals surface area (Å²) < 4.78 is 27.0. The van der Waals surface area contributed by atoms with Gasteiger partial charge in [0.05, 0.1) is 4.90 Å². The van der Waals surface area contributed by atoms with Gasteiger partial charge >= 0.3 is 0 Å². The van der Waals surface area contributed by atoms with E-state index in [2.05, 4.69) is 4.72 Å². The summed E-state index contributed by atoms with van der Waals surface area (Å²) in [5, 5.41) is 0. The first-order valence-corrected chi connectivity index (χ1v) is 10.7. The van der Waals surface area contributed by atoms with Gasteiger partial charge in [-0.15, -0.1) is 0 Å². The molecule has 0 aliphatic carbocycles. The predicted molar refractivity (Wildman–Crippen MR) is 99.8 cm³/mol. The quantitative estimate of drug-likeness (QED) is 0.807. The van der Waals surface area contributed by atoms with Gasteiger partial charge in [0.1, 0.15) is 0 Å². The van der Waals surface area contributed by atoms with Gasteiger partial charge in [0.15, 0.2) is 0 Å². The second kappa shape index (κ2) is 9.34. The minimum absolute atomic E-state index is 0.206. The van der Waals surface area contributed by atoms with Crippen molar-refractivity contribution in [3.8, 4) is 0 Å². The smallest absolute Gasteiger partial charge is 0.240 e. The third-order valence-corrected chi connectivity index (χ3v) is 5.94. The monoisotopic (exact) mass is 366 g/mol. The van der Waals surface area contributed by atoms with Crippen molar-refractivity contribution in [2.24, 2.45) is 5.92 Å². The molecule has 0 atom stereocenters. The van der Waals surface area contributed by atoms with Crippen LogP contribution >= 0.6 is 0 Å². The Bertz CT molecular complexity index is 646. The lowest BCUT2D eigenvalue weighted by Gasteiger charge is -2.20. The van der Waals surface area contributed by atoms with Crippen LogP contribution in [0.3, 0.4) is 0 Å². The lowest BCUT2D eigenvalue weighted by molar-refractivity contribution is -0.131. The standard InChI is InChI=1S/C19H30N2O3S/c1-16(2)15-20-25(23,24)18-10-7-17(8-11-18)9-12-19(22)21-13-5-3-4-6-14-21/h7-8,10-11,16,20H,3-6,9,12-15H2,1-2H3. The van der Waals surface area contributed by atoms with Crippen LogP contribution in [0.25, 0.3) is 0 Å². The molecule has 140 valence electrons. The summed E-state index contributed by atoms with van der Waals surface area (Å²) in [7, 11) is -3.45. The fraction of sp³-hybridized carbons (Fsp3) is 0.632. The Labute approximate surface area is 151 Å². The third-order valence-electron chi connectivity index (χ3n) is 4.50. The summed E-state index contributed by atoms with van der Waals surface area (Å²) in [6, 6.07) is 6.85. The van der Waals surface area contributed by atoms with Gasteiger partial charge in [-0.2, -0.15) is 0 Å². The average Bonchev–Trinajstić information content (AvgIpc) is 2.88. The molecule has 1 aliphatic heterocycles. The molecule has 1 saturated heterocycles. The minimum atomic E-state index is -3.45. The van der Waals surface area contributed by atoms with Gasteiger partial charge < -0.3 is 4.90 Å². The largest absolute Gasteiger partial charge is 0.343 e. The number of aryl methyl sites for hydroxylation is 1. The maximum atomic E-state index is 12.3. The lowest BCUT2D eigenvalue weighted by atomic mass is 10.1. The van der Waals surface area contributed by atoms with E-state index in [4.69, 9.17) is 0 Å². The molecule has 0 spiro atoms. The number of benzene rings is 1. The van der Waals surface area contributed by atoms with Crippen LogP contribution in [-0.4, -0.2) is 38.9 Å². The van der Waals surface area contributed by atoms with E-state index >= 15 is 0 Å². The van der Waals surface area contributed by atoms with Crippen molar-refractivity contribution in [3.05, 3.63) is 29.8 Å². The fourth-order valence-corrected chi connectivity index (χ4v) is 4.14. The van der Waals surface area contributed by atoms with E-state index < -0.39 is 10.0 Å². The average molecular weight is 367 g/mol. The van der Waals surface area contributed by atoms with Crippen molar-refractivity contribution in [2.45, 2.75) is 57.3 Å². The molecule has 6 heteroatoms. The first-order chi connectivity index (χ1) is 11.9. The highest BCUT2D eigenvalue weighted by Crippen LogP contribution is 2.14. The molecule has 1 fully saturated rings. The number of sulfonamides is 1. The molecule has 0 unspecified atom stereocenters. The highest BCUT2D eigenvalue weighted by molar-refractivity contribution is 7.89. The molecule has 0 bridgehead atoms. The van der Waals surface area contributed by atoms with Crippen molar-refractivity contribution in [1.82, 2.24) is 9.62 Å². The summed E-state index contributed by atoms with van der Waals surface area (Å²) in [6.45, 7) is 6.10. The van der Waals surface area contributed by atoms with Crippen LogP contribution in [0.4, 0.5) is 0 Å². The zero-order chi connectivity index (χ0) is 18.3. The zero-order valence-electron chi connectivity index (χ0n) is 15.3. The number of nitrogens with one attached hydrogen (secondary N) is 1. The molecule has 0 aromatic heterocycles. The SMILES string of the molecule is CC(C)CNS(=O)(=O)c1ccc(CCC(=O)N2CCCCCC2)cc1. The van der Waals surface area contributed by atoms with Crippen LogP contribution in [0.5, 0.6) is 0 Å². The van der Waals surface area contributed by atoms with Gasteiger partial charge in [0.2, 0.25) is 15.9 Å². The second-order valence-electron chi connectivity index (χ2n) is 7.18. The molecule has 25 heavy (non-hydrogen) atoms. The van der Waals surface area contributed by atoms with E-state index in [0.29, 0.717) is 19.4 Å². The van der Waals surface area contributed by atoms with Crippen molar-refractivity contribution in [2.75, 3.05) is 19.6 Å². The van der Waals surface area contributed by atoms with Gasteiger partial charge in [-0.3, -0.25) is 4.79 Å². The number of rotatable bonds is 7. The summed E-state index contributed by atoms with van der Waals surface area (Å²) in [4.78, 5) is 14.6. The van der Waals surface area contributed by atoms with E-state index in [1.807, 2.05) is 18.7 Å². The number of hydrogen-bond donors (Lipinski definition) is 1. The van der Waals surface area contributed by atoms with Crippen molar-refractivity contribution >= 4 is 15.9 Å². The van der Waals surface area contributed by atoms with E-state index in [1.165, 1.54) is 12.8 Å². The van der Waals surface area contributed by atoms with E-state index in [0.717, 1.165) is 31.5 Å². The predicted octanol–water partition coefficient (Wildman–Crippen LogP) is 2.96. The van der Waals surface area contributed by atoms with Crippen LogP contribution in [0.15, 0.2) is 29.2 Å². The van der Waals surface area contributed by atoms with Gasteiger partial charge in [-0.05, 0) is 42.9 Å². The lowest BCUT2D eigenvalue weighted by Crippen LogP contribution is -2.31. The Balaban J connectivity index is 1.88. The molecule has 1 aliphatic rings. The first-order valence-electron chi connectivity index (χ1n) is 9.25. The van der Waals surface area contributed by atoms with Crippen molar-refractivity contribution < 1.29 is 13.2 Å². The second-order valence-corrected chi connectivity index (χ2v) is 8.95. The molecule has 1 N–H and O–H groups in total. The molecule has 0 saturated carbocycles. The van der Waals surface area contributed by atoms with Crippen LogP contribution in [-0.2, 0) is 21.2 Å². The number of likely N-dealkylation sites (tertiary alicyclic amines) is 1. The molecule has 1 heterocycles. The van der Waals surface area contributed by atoms with Crippen molar-refractivity contribution in [1.29, 1.82) is 0 Å². The molecule has 0 radical (unpaired) electrons. The first kappa shape index (κ1) is 19.9. The molecule has 1 aromatic carbocycles. The number of nitrogens with zero attached hydrogens (tertiary/aromatic N) is 1. The number of hydrogen-bond acceptors (Lipinski definition) is 3. The van der Waals surface area contributed by atoms with Crippen LogP contribution in [0.2, 0.25) is 0 Å². The highest BCUT2D eigenvalue weighted by atomic mass is 32.2. The normalized spacial score (nSPS) is 16.0. The summed E-state index contributed by atoms with van der Waals surface area (Å²) >= 11 is 0. The molecule has 1 amide bonds. The Morgan fingerprint density at radius 3 is 2.24 bits per heavy atom. The Morgan fingerprint density at radius 1 is 1.08 bits per heavy atom. The zero-order valence-corrected chi connectivity index (χ0v) is 16.1. The van der Waals surface area contributed by atoms with Crippen LogP contribution in [0, 0.1) is 5.92 Å². The summed E-state index contributed by atoms with van der Waals surface area (Å²) in [5.41, 5.74) is 0.992. The minimum Gasteiger partial charge on any atom is -0.343 e. The fourth-order valence-electron chi connectivity index (χ4n) is 2.92. The van der Waals surface area contributed by atoms with Gasteiger partial charge in [0, 0.05) is 26.1 Å². The number of carbonyl (C=O) groups excluding carboxylic acids is 1. The number of carbonyl (C=O) groups is 1. The number of amides is 1. The van der Waals surface area contributed by atoms with Gasteiger partial charge in [-0.1, -0.05) is 38.8 Å². The molecule has 1 aromatic rings. The van der Waals surface area contributed by atoms with Crippen molar-refractivity contribution in [3.63, 3.8) is 0 Å². The Morgan fingerprint density at radius 2 is 1.68 bits per heavy atom. The Kier molecular flexibility index (Phi) is 7.44. The molecule has 2 rings (SSSR count). The van der Waals surface area contributed by atoms with Crippen LogP contribution < -0.4 is 4.72 Å². The molecular formula is C19H30N2O3S. The highest BCUT2D eigenvalue weighted by Gasteiger charge is 2.16.